The van der Waals surface area contributed by atoms with Crippen molar-refractivity contribution in [3.63, 3.8) is 0 Å². The van der Waals surface area contributed by atoms with E-state index in [0.717, 1.165) is 25.0 Å². The third-order valence-electron chi connectivity index (χ3n) is 6.32. The van der Waals surface area contributed by atoms with Crippen LogP contribution in [0, 0.1) is 0 Å². The Labute approximate surface area is 222 Å². The fraction of sp³-hybridized carbons (Fsp3) is 0.800. The number of hydrogen-bond acceptors (Lipinski definition) is 4. The van der Waals surface area contributed by atoms with Crippen molar-refractivity contribution >= 4 is 0 Å². The predicted molar refractivity (Wildman–Crippen MR) is 145 cm³/mol. The molecule has 204 valence electrons. The average molecular weight is 529 g/mol. The zero-order chi connectivity index (χ0) is 25.9. The van der Waals surface area contributed by atoms with Crippen LogP contribution >= 0.6 is 0 Å². The molecule has 0 spiro atoms. The van der Waals surface area contributed by atoms with Gasteiger partial charge in [0.2, 0.25) is 0 Å². The number of unbranched alkanes of at least 4 members (excludes halogenated alkanes) is 12. The first-order valence-electron chi connectivity index (χ1n) is 14.7. The Morgan fingerprint density at radius 2 is 1.11 bits per heavy atom. The van der Waals surface area contributed by atoms with E-state index >= 15 is 0 Å². The molecule has 5 heteroatoms. The summed E-state index contributed by atoms with van der Waals surface area (Å²) >= 11 is -4.39. The van der Waals surface area contributed by atoms with E-state index in [0.29, 0.717) is 0 Å². The number of hydrogen-bond donors (Lipinski definition) is 1. The van der Waals surface area contributed by atoms with Gasteiger partial charge in [-0.1, -0.05) is 6.92 Å². The van der Waals surface area contributed by atoms with Crippen LogP contribution in [0.3, 0.4) is 0 Å². The van der Waals surface area contributed by atoms with Gasteiger partial charge in [0.05, 0.1) is 0 Å². The Morgan fingerprint density at radius 3 is 1.60 bits per heavy atom. The summed E-state index contributed by atoms with van der Waals surface area (Å²) in [5, 5.41) is 0. The minimum atomic E-state index is -4.39. The molecule has 1 aromatic rings. The van der Waals surface area contributed by atoms with Crippen molar-refractivity contribution in [3.05, 3.63) is 29.3 Å². The van der Waals surface area contributed by atoms with Crippen LogP contribution in [0.25, 0.3) is 0 Å². The molecule has 0 heterocycles. The van der Waals surface area contributed by atoms with Crippen LogP contribution in [0.4, 0.5) is 0 Å². The Morgan fingerprint density at radius 1 is 0.657 bits per heavy atom. The molecule has 0 fully saturated rings. The standard InChI is InChI=1S/C24H42O.2C3H7O.H2O.Ti/c1-3-5-7-9-11-13-15-18-22-19-17-21-24(25)23(22)20-16-14-12-10-8-6-4-2;2*1-3(2)4;;/h17,19,21,25H,3-16,18,20H2,1-2H3;2*3H,1-2H3;1H2;/q;2*-1;;+4/p-2. The molecule has 0 radical (unpaired) electrons. The van der Waals surface area contributed by atoms with Gasteiger partial charge in [-0.15, -0.1) is 0 Å². The molecule has 0 aliphatic heterocycles. The SMILES string of the molecule is CCCCCCCCCc1cccc([O][Ti]([OH])([O]C(C)C)[O]C(C)C)c1CCCCCCCCC. The Hall–Kier alpha value is -0.386. The molecule has 1 N–H and O–H groups in total. The molecule has 0 atom stereocenters. The minimum absolute atomic E-state index is 0.152. The molecule has 0 saturated carbocycles. The average Bonchev–Trinajstić information content (AvgIpc) is 2.77. The van der Waals surface area contributed by atoms with Gasteiger partial charge in [-0.2, -0.15) is 0 Å². The van der Waals surface area contributed by atoms with Crippen LogP contribution in [0.2, 0.25) is 0 Å². The van der Waals surface area contributed by atoms with Gasteiger partial charge in [-0.25, -0.2) is 0 Å². The number of benzene rings is 1. The van der Waals surface area contributed by atoms with Crippen LogP contribution in [0.15, 0.2) is 18.2 Å². The van der Waals surface area contributed by atoms with Gasteiger partial charge in [-0.05, 0) is 0 Å². The molecular weight excluding hydrogens is 472 g/mol. The predicted octanol–water partition coefficient (Wildman–Crippen LogP) is 9.31. The summed E-state index contributed by atoms with van der Waals surface area (Å²) in [6, 6.07) is 6.31. The first-order valence-corrected chi connectivity index (χ1v) is 17.3. The Balaban J connectivity index is 2.89. The van der Waals surface area contributed by atoms with E-state index in [1.165, 1.54) is 94.6 Å². The molecule has 4 nitrogen and oxygen atoms in total. The quantitative estimate of drug-likeness (QED) is 0.120. The van der Waals surface area contributed by atoms with Gasteiger partial charge in [0, 0.05) is 0 Å². The maximum absolute atomic E-state index is 11.3. The maximum atomic E-state index is 11.3. The molecule has 1 rings (SSSR count). The molecule has 0 aliphatic rings. The summed E-state index contributed by atoms with van der Waals surface area (Å²) in [4.78, 5) is 0. The van der Waals surface area contributed by atoms with Gasteiger partial charge in [0.1, 0.15) is 0 Å². The van der Waals surface area contributed by atoms with Crippen LogP contribution in [-0.2, 0) is 37.6 Å². The number of rotatable bonds is 22. The van der Waals surface area contributed by atoms with E-state index in [9.17, 15) is 3.69 Å². The second-order valence-electron chi connectivity index (χ2n) is 10.6. The van der Waals surface area contributed by atoms with Crippen molar-refractivity contribution in [3.8, 4) is 5.75 Å². The van der Waals surface area contributed by atoms with Gasteiger partial charge < -0.3 is 0 Å². The van der Waals surface area contributed by atoms with Crippen LogP contribution in [0.5, 0.6) is 5.75 Å². The van der Waals surface area contributed by atoms with Crippen LogP contribution in [0.1, 0.15) is 143 Å². The Kier molecular flexibility index (Phi) is 18.4. The number of aryl methyl sites for hydroxylation is 1. The molecule has 0 aromatic heterocycles. The van der Waals surface area contributed by atoms with Crippen LogP contribution < -0.4 is 3.32 Å². The summed E-state index contributed by atoms with van der Waals surface area (Å²) < 4.78 is 29.3. The molecule has 0 aliphatic carbocycles. The van der Waals surface area contributed by atoms with Gasteiger partial charge in [-0.3, -0.25) is 0 Å². The van der Waals surface area contributed by atoms with Crippen LogP contribution in [-0.4, -0.2) is 15.9 Å². The summed E-state index contributed by atoms with van der Waals surface area (Å²) in [5.74, 6) is 0.764. The monoisotopic (exact) mass is 528 g/mol. The van der Waals surface area contributed by atoms with E-state index in [1.54, 1.807) is 0 Å². The summed E-state index contributed by atoms with van der Waals surface area (Å²) in [5.41, 5.74) is 2.61. The van der Waals surface area contributed by atoms with Gasteiger partial charge in [0.25, 0.3) is 0 Å². The third-order valence-corrected chi connectivity index (χ3v) is 9.47. The van der Waals surface area contributed by atoms with Crippen molar-refractivity contribution in [2.24, 2.45) is 0 Å². The normalized spacial score (nSPS) is 12.1. The summed E-state index contributed by atoms with van der Waals surface area (Å²) in [6.45, 7) is 12.2. The van der Waals surface area contributed by atoms with E-state index in [1.807, 2.05) is 33.8 Å². The fourth-order valence-electron chi connectivity index (χ4n) is 4.57. The molecule has 0 bridgehead atoms. The van der Waals surface area contributed by atoms with Crippen molar-refractivity contribution in [2.75, 3.05) is 0 Å². The zero-order valence-electron chi connectivity index (χ0n) is 23.9. The third kappa shape index (κ3) is 15.5. The second-order valence-corrected chi connectivity index (χ2v) is 13.3. The molecule has 1 aromatic carbocycles. The van der Waals surface area contributed by atoms with Crippen molar-refractivity contribution in [2.45, 2.75) is 156 Å². The summed E-state index contributed by atoms with van der Waals surface area (Å²) in [7, 11) is 0. The molecule has 0 unspecified atom stereocenters. The summed E-state index contributed by atoms with van der Waals surface area (Å²) in [6.07, 6.45) is 19.9. The first kappa shape index (κ1) is 32.6. The van der Waals surface area contributed by atoms with Gasteiger partial charge >= 0.3 is 216 Å². The topological polar surface area (TPSA) is 47.9 Å². The van der Waals surface area contributed by atoms with E-state index in [2.05, 4.69) is 26.0 Å². The first-order chi connectivity index (χ1) is 16.8. The molecule has 35 heavy (non-hydrogen) atoms. The second kappa shape index (κ2) is 19.7. The van der Waals surface area contributed by atoms with Crippen molar-refractivity contribution in [1.82, 2.24) is 0 Å². The van der Waals surface area contributed by atoms with E-state index in [4.69, 9.17) is 9.96 Å². The zero-order valence-corrected chi connectivity index (χ0v) is 25.4. The van der Waals surface area contributed by atoms with Gasteiger partial charge in [0.15, 0.2) is 0 Å². The van der Waals surface area contributed by atoms with E-state index in [-0.39, 0.29) is 12.2 Å². The van der Waals surface area contributed by atoms with Crippen molar-refractivity contribution in [1.29, 1.82) is 0 Å². The van der Waals surface area contributed by atoms with E-state index < -0.39 is 18.1 Å². The fourth-order valence-corrected chi connectivity index (χ4v) is 7.40. The Bertz CT molecular complexity index is 637. The molecular formula is C30H56O4Ti. The molecule has 0 saturated heterocycles. The molecule has 0 amide bonds. The van der Waals surface area contributed by atoms with Crippen molar-refractivity contribution < 1.29 is 31.8 Å².